The second-order valence-corrected chi connectivity index (χ2v) is 4.63. The van der Waals surface area contributed by atoms with Crippen molar-refractivity contribution in [2.24, 2.45) is 5.16 Å². The van der Waals surface area contributed by atoms with Crippen molar-refractivity contribution in [3.05, 3.63) is 53.9 Å². The lowest BCUT2D eigenvalue weighted by Gasteiger charge is -2.10. The molecule has 0 spiro atoms. The molecule has 0 aliphatic rings. The summed E-state index contributed by atoms with van der Waals surface area (Å²) in [5.74, 6) is -0.638. The summed E-state index contributed by atoms with van der Waals surface area (Å²) < 4.78 is 10.3. The lowest BCUT2D eigenvalue weighted by atomic mass is 10.2. The fourth-order valence-corrected chi connectivity index (χ4v) is 1.98. The van der Waals surface area contributed by atoms with Gasteiger partial charge in [0.25, 0.3) is 0 Å². The summed E-state index contributed by atoms with van der Waals surface area (Å²) in [5.41, 5.74) is 0.331. The first-order chi connectivity index (χ1) is 11.6. The number of benzene rings is 1. The van der Waals surface area contributed by atoms with Gasteiger partial charge in [0.05, 0.1) is 19.9 Å². The number of rotatable bonds is 6. The molecular formula is C17H16N2O5. The quantitative estimate of drug-likeness (QED) is 0.459. The number of carbonyl (C=O) groups is 2. The van der Waals surface area contributed by atoms with Gasteiger partial charge in [0.15, 0.2) is 11.5 Å². The molecule has 0 aliphatic carbocycles. The zero-order chi connectivity index (χ0) is 17.5. The van der Waals surface area contributed by atoms with E-state index in [4.69, 9.17) is 14.3 Å². The Balaban J connectivity index is 2.34. The zero-order valence-electron chi connectivity index (χ0n) is 13.5. The number of carbonyl (C=O) groups excluding carboxylic acids is 2. The van der Waals surface area contributed by atoms with Crippen LogP contribution < -0.4 is 9.47 Å². The number of oxime groups is 1. The van der Waals surface area contributed by atoms with Gasteiger partial charge < -0.3 is 14.3 Å². The number of aromatic nitrogens is 1. The molecule has 0 saturated carbocycles. The molecule has 0 amide bonds. The Morgan fingerprint density at radius 1 is 1.00 bits per heavy atom. The van der Waals surface area contributed by atoms with Crippen LogP contribution in [0.1, 0.15) is 23.0 Å². The van der Waals surface area contributed by atoms with E-state index in [0.29, 0.717) is 5.69 Å². The van der Waals surface area contributed by atoms with Crippen molar-refractivity contribution in [1.29, 1.82) is 0 Å². The van der Waals surface area contributed by atoms with Crippen LogP contribution in [-0.4, -0.2) is 36.7 Å². The molecule has 1 aromatic carbocycles. The molecule has 24 heavy (non-hydrogen) atoms. The van der Waals surface area contributed by atoms with E-state index in [1.54, 1.807) is 36.4 Å². The second-order valence-electron chi connectivity index (χ2n) is 4.63. The van der Waals surface area contributed by atoms with Crippen LogP contribution in [0, 0.1) is 0 Å². The van der Waals surface area contributed by atoms with Crippen molar-refractivity contribution in [2.75, 3.05) is 14.2 Å². The van der Waals surface area contributed by atoms with E-state index >= 15 is 0 Å². The predicted octanol–water partition coefficient (Wildman–Crippen LogP) is 2.25. The summed E-state index contributed by atoms with van der Waals surface area (Å²) in [6.45, 7) is 1.31. The Morgan fingerprint density at radius 3 is 2.17 bits per heavy atom. The fourth-order valence-electron chi connectivity index (χ4n) is 1.98. The predicted molar refractivity (Wildman–Crippen MR) is 86.4 cm³/mol. The molecule has 0 unspecified atom stereocenters. The maximum absolute atomic E-state index is 12.3. The summed E-state index contributed by atoms with van der Waals surface area (Å²) in [4.78, 5) is 33.0. The van der Waals surface area contributed by atoms with Crippen molar-refractivity contribution in [1.82, 2.24) is 4.98 Å². The van der Waals surface area contributed by atoms with Crippen LogP contribution in [0.4, 0.5) is 0 Å². The average Bonchev–Trinajstić information content (AvgIpc) is 2.61. The van der Waals surface area contributed by atoms with Gasteiger partial charge in [-0.2, -0.15) is 0 Å². The highest BCUT2D eigenvalue weighted by Crippen LogP contribution is 2.28. The van der Waals surface area contributed by atoms with Crippen molar-refractivity contribution < 1.29 is 23.9 Å². The van der Waals surface area contributed by atoms with Crippen LogP contribution >= 0.6 is 0 Å². The Morgan fingerprint density at radius 2 is 1.67 bits per heavy atom. The minimum absolute atomic E-state index is 0.0576. The van der Waals surface area contributed by atoms with E-state index in [9.17, 15) is 9.59 Å². The molecule has 0 fully saturated rings. The van der Waals surface area contributed by atoms with Crippen LogP contribution in [-0.2, 0) is 9.63 Å². The topological polar surface area (TPSA) is 87.1 Å². The molecule has 2 rings (SSSR count). The standard InChI is InChI=1S/C17H16N2O5/c1-11(20)16(12-7-4-5-10-18-12)19-24-17(21)15-13(22-2)8-6-9-14(15)23-3/h4-10H,1-3H3/b19-16+. The maximum Gasteiger partial charge on any atom is 0.373 e. The first kappa shape index (κ1) is 17.1. The minimum Gasteiger partial charge on any atom is -0.496 e. The highest BCUT2D eigenvalue weighted by Gasteiger charge is 2.21. The van der Waals surface area contributed by atoms with E-state index < -0.39 is 5.97 Å². The Bertz CT molecular complexity index is 750. The summed E-state index contributed by atoms with van der Waals surface area (Å²) in [5, 5.41) is 3.66. The van der Waals surface area contributed by atoms with Crippen molar-refractivity contribution in [2.45, 2.75) is 6.92 Å². The van der Waals surface area contributed by atoms with Crippen molar-refractivity contribution in [3.8, 4) is 11.5 Å². The number of hydrogen-bond donors (Lipinski definition) is 0. The van der Waals surface area contributed by atoms with Gasteiger partial charge in [-0.05, 0) is 24.3 Å². The third-order valence-corrected chi connectivity index (χ3v) is 3.09. The highest BCUT2D eigenvalue weighted by atomic mass is 16.7. The van der Waals surface area contributed by atoms with Gasteiger partial charge in [-0.1, -0.05) is 17.3 Å². The number of ether oxygens (including phenoxy) is 2. The molecule has 0 aliphatic heterocycles. The summed E-state index contributed by atoms with van der Waals surface area (Å²) in [7, 11) is 2.84. The number of methoxy groups -OCH3 is 2. The van der Waals surface area contributed by atoms with Crippen LogP contribution in [0.15, 0.2) is 47.8 Å². The molecule has 1 aromatic heterocycles. The van der Waals surface area contributed by atoms with Crippen LogP contribution in [0.25, 0.3) is 0 Å². The van der Waals surface area contributed by atoms with Gasteiger partial charge in [-0.3, -0.25) is 9.78 Å². The smallest absolute Gasteiger partial charge is 0.373 e. The first-order valence-corrected chi connectivity index (χ1v) is 7.01. The molecule has 0 radical (unpaired) electrons. The van der Waals surface area contributed by atoms with E-state index in [1.165, 1.54) is 27.3 Å². The van der Waals surface area contributed by atoms with Crippen LogP contribution in [0.3, 0.4) is 0 Å². The maximum atomic E-state index is 12.3. The largest absolute Gasteiger partial charge is 0.496 e. The normalized spacial score (nSPS) is 10.9. The van der Waals surface area contributed by atoms with Crippen LogP contribution in [0.2, 0.25) is 0 Å². The molecule has 0 bridgehead atoms. The number of hydrogen-bond acceptors (Lipinski definition) is 7. The first-order valence-electron chi connectivity index (χ1n) is 7.01. The van der Waals surface area contributed by atoms with Crippen molar-refractivity contribution >= 4 is 17.5 Å². The minimum atomic E-state index is -0.806. The number of pyridine rings is 1. The van der Waals surface area contributed by atoms with Gasteiger partial charge in [-0.15, -0.1) is 0 Å². The lowest BCUT2D eigenvalue weighted by molar-refractivity contribution is -0.111. The van der Waals surface area contributed by atoms with E-state index in [0.717, 1.165) is 0 Å². The summed E-state index contributed by atoms with van der Waals surface area (Å²) in [6, 6.07) is 9.85. The van der Waals surface area contributed by atoms with Gasteiger partial charge in [0.1, 0.15) is 17.1 Å². The van der Waals surface area contributed by atoms with E-state index in [1.807, 2.05) is 0 Å². The Kier molecular flexibility index (Phi) is 5.62. The monoisotopic (exact) mass is 328 g/mol. The average molecular weight is 328 g/mol. The van der Waals surface area contributed by atoms with Crippen molar-refractivity contribution in [3.63, 3.8) is 0 Å². The lowest BCUT2D eigenvalue weighted by Crippen LogP contribution is -2.15. The van der Waals surface area contributed by atoms with E-state index in [2.05, 4.69) is 10.1 Å². The molecule has 2 aromatic rings. The fraction of sp³-hybridized carbons (Fsp3) is 0.176. The third kappa shape index (κ3) is 3.75. The van der Waals surface area contributed by atoms with Gasteiger partial charge in [0, 0.05) is 13.1 Å². The molecular weight excluding hydrogens is 312 g/mol. The molecule has 7 nitrogen and oxygen atoms in total. The van der Waals surface area contributed by atoms with Gasteiger partial charge in [-0.25, -0.2) is 4.79 Å². The van der Waals surface area contributed by atoms with E-state index in [-0.39, 0.29) is 28.6 Å². The third-order valence-electron chi connectivity index (χ3n) is 3.09. The second kappa shape index (κ2) is 7.87. The Labute approximate surface area is 138 Å². The molecule has 0 saturated heterocycles. The summed E-state index contributed by atoms with van der Waals surface area (Å²) >= 11 is 0. The molecule has 1 heterocycles. The molecule has 0 atom stereocenters. The SMILES string of the molecule is COc1cccc(OC)c1C(=O)O/N=C(\C(C)=O)c1ccccn1. The number of nitrogens with zero attached hydrogens (tertiary/aromatic N) is 2. The molecule has 0 N–H and O–H groups in total. The summed E-state index contributed by atoms with van der Waals surface area (Å²) in [6.07, 6.45) is 1.51. The molecule has 124 valence electrons. The highest BCUT2D eigenvalue weighted by molar-refractivity contribution is 6.44. The van der Waals surface area contributed by atoms with Gasteiger partial charge in [0.2, 0.25) is 0 Å². The number of Topliss-reactive ketones (excluding diaryl/α,β-unsaturated/α-hetero) is 1. The Hall–Kier alpha value is -3.22. The molecule has 7 heteroatoms. The van der Waals surface area contributed by atoms with Crippen LogP contribution in [0.5, 0.6) is 11.5 Å². The number of ketones is 1. The van der Waals surface area contributed by atoms with Gasteiger partial charge >= 0.3 is 5.97 Å². The zero-order valence-corrected chi connectivity index (χ0v) is 13.5.